The van der Waals surface area contributed by atoms with Crippen LogP contribution in [-0.4, -0.2) is 43.8 Å². The summed E-state index contributed by atoms with van der Waals surface area (Å²) in [5.41, 5.74) is 0.642. The van der Waals surface area contributed by atoms with Crippen LogP contribution >= 0.6 is 46.4 Å². The average molecular weight is 659 g/mol. The molecule has 2 amide bonds. The highest BCUT2D eigenvalue weighted by Gasteiger charge is 2.35. The van der Waals surface area contributed by atoms with Gasteiger partial charge in [0.25, 0.3) is 10.0 Å². The van der Waals surface area contributed by atoms with Gasteiger partial charge in [-0.2, -0.15) is 0 Å². The molecule has 1 N–H and O–H groups in total. The smallest absolute Gasteiger partial charge is 0.264 e. The van der Waals surface area contributed by atoms with Crippen molar-refractivity contribution in [1.82, 2.24) is 10.2 Å². The van der Waals surface area contributed by atoms with Crippen molar-refractivity contribution in [3.63, 3.8) is 0 Å². The summed E-state index contributed by atoms with van der Waals surface area (Å²) in [4.78, 5) is 28.8. The van der Waals surface area contributed by atoms with Crippen LogP contribution in [0.3, 0.4) is 0 Å². The van der Waals surface area contributed by atoms with Gasteiger partial charge >= 0.3 is 0 Å². The predicted molar refractivity (Wildman–Crippen MR) is 166 cm³/mol. The molecule has 0 aliphatic rings. The molecule has 0 aromatic heterocycles. The third-order valence-corrected chi connectivity index (χ3v) is 9.86. The number of nitrogens with zero attached hydrogens (tertiary/aromatic N) is 2. The van der Waals surface area contributed by atoms with Crippen LogP contribution in [-0.2, 0) is 26.2 Å². The largest absolute Gasteiger partial charge is 0.352 e. The molecule has 2 atom stereocenters. The maximum atomic E-state index is 14.1. The lowest BCUT2D eigenvalue weighted by atomic mass is 10.1. The van der Waals surface area contributed by atoms with Gasteiger partial charge in [-0.1, -0.05) is 90.6 Å². The summed E-state index contributed by atoms with van der Waals surface area (Å²) in [5, 5.41) is 3.65. The highest BCUT2D eigenvalue weighted by molar-refractivity contribution is 7.92. The molecule has 0 aliphatic heterocycles. The Hall–Kier alpha value is -2.49. The van der Waals surface area contributed by atoms with Gasteiger partial charge in [0.05, 0.1) is 30.7 Å². The van der Waals surface area contributed by atoms with E-state index in [4.69, 9.17) is 46.4 Å². The van der Waals surface area contributed by atoms with Gasteiger partial charge in [-0.15, -0.1) is 0 Å². The van der Waals surface area contributed by atoms with Crippen LogP contribution < -0.4 is 9.62 Å². The van der Waals surface area contributed by atoms with E-state index in [-0.39, 0.29) is 50.6 Å². The van der Waals surface area contributed by atoms with Crippen molar-refractivity contribution in [3.05, 3.63) is 92.4 Å². The Balaban J connectivity index is 2.11. The normalized spacial score (nSPS) is 12.9. The van der Waals surface area contributed by atoms with Crippen molar-refractivity contribution in [3.8, 4) is 0 Å². The van der Waals surface area contributed by atoms with Crippen molar-refractivity contribution < 1.29 is 18.0 Å². The number of hydrogen-bond donors (Lipinski definition) is 1. The van der Waals surface area contributed by atoms with Crippen LogP contribution in [0.1, 0.15) is 39.2 Å². The fourth-order valence-electron chi connectivity index (χ4n) is 4.11. The zero-order valence-electron chi connectivity index (χ0n) is 22.8. The highest BCUT2D eigenvalue weighted by Crippen LogP contribution is 2.35. The molecule has 3 aromatic rings. The van der Waals surface area contributed by atoms with E-state index in [2.05, 4.69) is 5.32 Å². The number of amides is 2. The molecular weight excluding hydrogens is 628 g/mol. The molecule has 0 spiro atoms. The van der Waals surface area contributed by atoms with E-state index in [0.717, 1.165) is 4.31 Å². The summed E-state index contributed by atoms with van der Waals surface area (Å²) in [6.45, 7) is 4.91. The molecule has 7 nitrogen and oxygen atoms in total. The molecule has 0 heterocycles. The number of sulfonamides is 1. The zero-order chi connectivity index (χ0) is 30.3. The van der Waals surface area contributed by atoms with Crippen LogP contribution in [0.2, 0.25) is 20.1 Å². The Morgan fingerprint density at radius 3 is 2.15 bits per heavy atom. The number of benzene rings is 3. The maximum Gasteiger partial charge on any atom is 0.264 e. The molecule has 0 saturated heterocycles. The first-order chi connectivity index (χ1) is 19.4. The molecule has 0 aliphatic carbocycles. The quantitative estimate of drug-likeness (QED) is 0.223. The Kier molecular flexibility index (Phi) is 11.8. The molecule has 0 saturated carbocycles. The Morgan fingerprint density at radius 1 is 0.854 bits per heavy atom. The Labute approximate surface area is 261 Å². The third kappa shape index (κ3) is 8.08. The van der Waals surface area contributed by atoms with Gasteiger partial charge in [-0.05, 0) is 61.7 Å². The minimum Gasteiger partial charge on any atom is -0.352 e. The Bertz CT molecular complexity index is 1490. The number of hydrogen-bond acceptors (Lipinski definition) is 4. The first-order valence-electron chi connectivity index (χ1n) is 13.0. The molecule has 0 unspecified atom stereocenters. The molecule has 12 heteroatoms. The number of carbonyl (C=O) groups excluding carboxylic acids is 2. The summed E-state index contributed by atoms with van der Waals surface area (Å²) in [6.07, 6.45) is 0.970. The number of rotatable bonds is 12. The first kappa shape index (κ1) is 33.0. The van der Waals surface area contributed by atoms with E-state index >= 15 is 0 Å². The zero-order valence-corrected chi connectivity index (χ0v) is 26.6. The summed E-state index contributed by atoms with van der Waals surface area (Å²) in [6, 6.07) is 16.1. The van der Waals surface area contributed by atoms with E-state index in [1.807, 2.05) is 13.8 Å². The lowest BCUT2D eigenvalue weighted by Crippen LogP contribution is -2.53. The predicted octanol–water partition coefficient (Wildman–Crippen LogP) is 7.22. The van der Waals surface area contributed by atoms with Gasteiger partial charge in [-0.3, -0.25) is 13.9 Å². The second kappa shape index (κ2) is 14.6. The number of carbonyl (C=O) groups is 2. The van der Waals surface area contributed by atoms with Crippen LogP contribution in [0, 0.1) is 0 Å². The maximum absolute atomic E-state index is 14.1. The molecule has 3 rings (SSSR count). The fourth-order valence-corrected chi connectivity index (χ4v) is 6.33. The lowest BCUT2D eigenvalue weighted by Gasteiger charge is -2.34. The topological polar surface area (TPSA) is 86.8 Å². The van der Waals surface area contributed by atoms with Crippen LogP contribution in [0.15, 0.2) is 71.6 Å². The van der Waals surface area contributed by atoms with Crippen LogP contribution in [0.4, 0.5) is 5.69 Å². The van der Waals surface area contributed by atoms with Gasteiger partial charge in [0.1, 0.15) is 12.6 Å². The number of anilines is 1. The molecule has 220 valence electrons. The van der Waals surface area contributed by atoms with Gasteiger partial charge in [-0.25, -0.2) is 8.42 Å². The van der Waals surface area contributed by atoms with E-state index < -0.39 is 28.5 Å². The standard InChI is InChI=1S/C29H31Cl4N3O4S/c1-4-19(3)34-29(38)25(5-2)35(17-20-14-15-22(30)24(32)16-20)27(37)18-36(26-13-9-12-23(31)28(26)33)41(39,40)21-10-7-6-8-11-21/h6-16,19,25H,4-5,17-18H2,1-3H3,(H,34,38)/t19-,25+/m1/s1. The summed E-state index contributed by atoms with van der Waals surface area (Å²) >= 11 is 25.0. The second-order valence-electron chi connectivity index (χ2n) is 9.41. The minimum atomic E-state index is -4.28. The SMILES string of the molecule is CC[C@@H](C)NC(=O)[C@H](CC)N(Cc1ccc(Cl)c(Cl)c1)C(=O)CN(c1cccc(Cl)c1Cl)S(=O)(=O)c1ccccc1. The minimum absolute atomic E-state index is 0.0232. The monoisotopic (exact) mass is 657 g/mol. The summed E-state index contributed by atoms with van der Waals surface area (Å²) < 4.78 is 28.7. The molecule has 0 bridgehead atoms. The molecule has 0 fully saturated rings. The van der Waals surface area contributed by atoms with Crippen molar-refractivity contribution in [1.29, 1.82) is 0 Å². The van der Waals surface area contributed by atoms with E-state index in [1.54, 1.807) is 49.4 Å². The van der Waals surface area contributed by atoms with Gasteiger partial charge in [0.15, 0.2) is 0 Å². The van der Waals surface area contributed by atoms with Crippen LogP contribution in [0.5, 0.6) is 0 Å². The van der Waals surface area contributed by atoms with Crippen molar-refractivity contribution >= 4 is 73.9 Å². The third-order valence-electron chi connectivity index (χ3n) is 6.53. The van der Waals surface area contributed by atoms with Crippen molar-refractivity contribution in [2.24, 2.45) is 0 Å². The second-order valence-corrected chi connectivity index (χ2v) is 12.9. The van der Waals surface area contributed by atoms with E-state index in [1.165, 1.54) is 29.2 Å². The van der Waals surface area contributed by atoms with Crippen molar-refractivity contribution in [2.75, 3.05) is 10.8 Å². The van der Waals surface area contributed by atoms with Gasteiger partial charge in [0.2, 0.25) is 11.8 Å². The fraction of sp³-hybridized carbons (Fsp3) is 0.310. The summed E-state index contributed by atoms with van der Waals surface area (Å²) in [7, 11) is -4.28. The van der Waals surface area contributed by atoms with E-state index in [9.17, 15) is 18.0 Å². The van der Waals surface area contributed by atoms with Crippen LogP contribution in [0.25, 0.3) is 0 Å². The number of halogens is 4. The van der Waals surface area contributed by atoms with Gasteiger partial charge < -0.3 is 10.2 Å². The average Bonchev–Trinajstić information content (AvgIpc) is 2.95. The highest BCUT2D eigenvalue weighted by atomic mass is 35.5. The van der Waals surface area contributed by atoms with Gasteiger partial charge in [0, 0.05) is 12.6 Å². The van der Waals surface area contributed by atoms with Crippen molar-refractivity contribution in [2.45, 2.75) is 57.1 Å². The molecule has 3 aromatic carbocycles. The molecular formula is C29H31Cl4N3O4S. The molecule has 0 radical (unpaired) electrons. The Morgan fingerprint density at radius 2 is 1.54 bits per heavy atom. The van der Waals surface area contributed by atoms with E-state index in [0.29, 0.717) is 17.0 Å². The first-order valence-corrected chi connectivity index (χ1v) is 15.9. The number of nitrogens with one attached hydrogen (secondary N) is 1. The molecule has 41 heavy (non-hydrogen) atoms. The summed E-state index contributed by atoms with van der Waals surface area (Å²) in [5.74, 6) is -0.980. The lowest BCUT2D eigenvalue weighted by molar-refractivity contribution is -0.140.